The monoisotopic (exact) mass is 282 g/mol. The van der Waals surface area contributed by atoms with Gasteiger partial charge in [0.1, 0.15) is 0 Å². The molecule has 0 radical (unpaired) electrons. The van der Waals surface area contributed by atoms with Crippen LogP contribution in [0.25, 0.3) is 0 Å². The second kappa shape index (κ2) is 8.61. The summed E-state index contributed by atoms with van der Waals surface area (Å²) in [5, 5.41) is 0. The Hall–Kier alpha value is -0.521. The average Bonchev–Trinajstić information content (AvgIpc) is 2.34. The molecule has 0 amide bonds. The summed E-state index contributed by atoms with van der Waals surface area (Å²) in [4.78, 5) is 0. The van der Waals surface area contributed by atoms with Crippen molar-refractivity contribution < 1.29 is 0 Å². The zero-order chi connectivity index (χ0) is 11.6. The molecule has 16 heavy (non-hydrogen) atoms. The minimum absolute atomic E-state index is 0.544. The quantitative estimate of drug-likeness (QED) is 0.525. The molecule has 0 aliphatic rings. The van der Waals surface area contributed by atoms with E-state index in [9.17, 15) is 0 Å². The molecule has 0 aromatic heterocycles. The molecule has 0 bridgehead atoms. The fourth-order valence-electron chi connectivity index (χ4n) is 1.62. The van der Waals surface area contributed by atoms with Crippen LogP contribution >= 0.6 is 0 Å². The maximum absolute atomic E-state index is 2.32. The van der Waals surface area contributed by atoms with Gasteiger partial charge >= 0.3 is 106 Å². The fraction of sp³-hybridized carbons (Fsp3) is 0.467. The van der Waals surface area contributed by atoms with Gasteiger partial charge in [0.25, 0.3) is 0 Å². The number of hydrogen-bond acceptors (Lipinski definition) is 0. The van der Waals surface area contributed by atoms with E-state index in [1.165, 1.54) is 36.6 Å². The van der Waals surface area contributed by atoms with E-state index in [2.05, 4.69) is 50.3 Å². The summed E-state index contributed by atoms with van der Waals surface area (Å²) in [6.45, 7) is 4.45. The van der Waals surface area contributed by atoms with Crippen molar-refractivity contribution in [3.8, 4) is 0 Å². The normalized spacial score (nSPS) is 11.8. The first-order valence-corrected chi connectivity index (χ1v) is 7.96. The molecule has 0 atom stereocenters. The molecular weight excluding hydrogens is 259 g/mol. The van der Waals surface area contributed by atoms with Crippen molar-refractivity contribution in [1.29, 1.82) is 0 Å². The average molecular weight is 281 g/mol. The number of unbranched alkanes of at least 4 members (excludes halogenated alkanes) is 3. The Morgan fingerprint density at radius 2 is 1.88 bits per heavy atom. The molecule has 0 nitrogen and oxygen atoms in total. The van der Waals surface area contributed by atoms with Crippen LogP contribution in [0.3, 0.4) is 0 Å². The predicted octanol–water partition coefficient (Wildman–Crippen LogP) is 3.89. The Bertz CT molecular complexity index is 300. The van der Waals surface area contributed by atoms with Crippen molar-refractivity contribution >= 4 is 19.4 Å². The first kappa shape index (κ1) is 13.5. The molecule has 0 N–H and O–H groups in total. The molecule has 0 aliphatic heterocycles. The van der Waals surface area contributed by atoms with Gasteiger partial charge in [-0.15, -0.1) is 0 Å². The van der Waals surface area contributed by atoms with Gasteiger partial charge < -0.3 is 0 Å². The second-order valence-electron chi connectivity index (χ2n) is 3.98. The van der Waals surface area contributed by atoms with E-state index in [-0.39, 0.29) is 0 Å². The van der Waals surface area contributed by atoms with Gasteiger partial charge in [-0.25, -0.2) is 0 Å². The molecule has 0 spiro atoms. The molecule has 1 aromatic rings. The Balaban J connectivity index is 2.33. The molecule has 0 fully saturated rings. The maximum atomic E-state index is 2.32. The van der Waals surface area contributed by atoms with Crippen molar-refractivity contribution in [2.45, 2.75) is 46.0 Å². The van der Waals surface area contributed by atoms with E-state index in [4.69, 9.17) is 0 Å². The summed E-state index contributed by atoms with van der Waals surface area (Å²) in [6.07, 6.45) is 9.08. The van der Waals surface area contributed by atoms with Crippen LogP contribution in [0, 0.1) is 0 Å². The summed E-state index contributed by atoms with van der Waals surface area (Å²) < 4.78 is 3.15. The van der Waals surface area contributed by atoms with Gasteiger partial charge in [0.15, 0.2) is 0 Å². The molecule has 88 valence electrons. The van der Waals surface area contributed by atoms with Crippen LogP contribution in [0.15, 0.2) is 40.9 Å². The van der Waals surface area contributed by atoms with Gasteiger partial charge in [-0.3, -0.25) is 0 Å². The van der Waals surface area contributed by atoms with E-state index in [1.807, 2.05) is 0 Å². The summed E-state index contributed by atoms with van der Waals surface area (Å²) >= 11 is 0.544. The third-order valence-electron chi connectivity index (χ3n) is 2.59. The first-order valence-electron chi connectivity index (χ1n) is 6.25. The van der Waals surface area contributed by atoms with Crippen LogP contribution in [0.4, 0.5) is 0 Å². The molecule has 0 saturated carbocycles. The topological polar surface area (TPSA) is 0 Å². The minimum atomic E-state index is 0.544. The van der Waals surface area contributed by atoms with Crippen molar-refractivity contribution in [3.63, 3.8) is 0 Å². The number of rotatable bonds is 7. The van der Waals surface area contributed by atoms with E-state index >= 15 is 0 Å². The van der Waals surface area contributed by atoms with Gasteiger partial charge in [-0.2, -0.15) is 0 Å². The fourth-order valence-corrected chi connectivity index (χ4v) is 3.63. The van der Waals surface area contributed by atoms with Gasteiger partial charge in [0.2, 0.25) is 0 Å². The molecule has 0 unspecified atom stereocenters. The molecule has 1 rings (SSSR count). The van der Waals surface area contributed by atoms with Crippen LogP contribution in [0.5, 0.6) is 0 Å². The van der Waals surface area contributed by atoms with Crippen molar-refractivity contribution in [3.05, 3.63) is 40.9 Å². The Morgan fingerprint density at radius 1 is 1.12 bits per heavy atom. The zero-order valence-electron chi connectivity index (χ0n) is 10.4. The van der Waals surface area contributed by atoms with Crippen LogP contribution in [0.1, 0.15) is 46.0 Å². The summed E-state index contributed by atoms with van der Waals surface area (Å²) in [5.74, 6) is 0. The zero-order valence-corrected chi connectivity index (χ0v) is 12.1. The summed E-state index contributed by atoms with van der Waals surface area (Å²) in [7, 11) is 0. The van der Waals surface area contributed by atoms with E-state index in [1.54, 1.807) is 4.47 Å². The van der Waals surface area contributed by atoms with Gasteiger partial charge in [-0.05, 0) is 0 Å². The van der Waals surface area contributed by atoms with E-state index in [0.29, 0.717) is 15.0 Å². The molecule has 1 heteroatoms. The number of benzene rings is 1. The van der Waals surface area contributed by atoms with Crippen LogP contribution in [0.2, 0.25) is 0 Å². The number of hydrogen-bond donors (Lipinski definition) is 0. The third kappa shape index (κ3) is 5.53. The summed E-state index contributed by atoms with van der Waals surface area (Å²) in [6, 6.07) is 10.9. The van der Waals surface area contributed by atoms with E-state index in [0.717, 1.165) is 0 Å². The summed E-state index contributed by atoms with van der Waals surface area (Å²) in [5.41, 5.74) is 0. The molecule has 0 heterocycles. The molecule has 0 saturated heterocycles. The molecule has 1 aromatic carbocycles. The van der Waals surface area contributed by atoms with Crippen LogP contribution < -0.4 is 4.46 Å². The predicted molar refractivity (Wildman–Crippen MR) is 74.3 cm³/mol. The molecular formula is C15H22Se. The van der Waals surface area contributed by atoms with Gasteiger partial charge in [0, 0.05) is 0 Å². The van der Waals surface area contributed by atoms with Gasteiger partial charge in [0.05, 0.1) is 0 Å². The van der Waals surface area contributed by atoms with Crippen molar-refractivity contribution in [2.24, 2.45) is 0 Å². The van der Waals surface area contributed by atoms with E-state index < -0.39 is 0 Å². The standard InChI is InChI=1S/C15H22Se/c1-3-5-6-8-11-14(4-2)16-15-12-9-7-10-13-15/h4,7,9-10,12-13H,3,5-6,8,11H2,1-2H3/b14-4-. The second-order valence-corrected chi connectivity index (χ2v) is 6.50. The SMILES string of the molecule is C/C=C(/CCCCCC)[Se]c1ccccc1. The van der Waals surface area contributed by atoms with Gasteiger partial charge in [-0.1, -0.05) is 0 Å². The van der Waals surface area contributed by atoms with Crippen LogP contribution in [-0.2, 0) is 0 Å². The molecule has 0 aliphatic carbocycles. The number of allylic oxidation sites excluding steroid dienone is 2. The van der Waals surface area contributed by atoms with Crippen molar-refractivity contribution in [1.82, 2.24) is 0 Å². The van der Waals surface area contributed by atoms with Crippen molar-refractivity contribution in [2.75, 3.05) is 0 Å². The Labute approximate surface area is 106 Å². The van der Waals surface area contributed by atoms with Crippen LogP contribution in [-0.4, -0.2) is 15.0 Å². The Morgan fingerprint density at radius 3 is 2.50 bits per heavy atom. The Kier molecular flexibility index (Phi) is 7.29. The first-order chi connectivity index (χ1) is 7.86. The third-order valence-corrected chi connectivity index (χ3v) is 5.13.